The molecule has 0 heterocycles. The van der Waals surface area contributed by atoms with Gasteiger partial charge in [-0.25, -0.2) is 13.1 Å². The molecule has 6 heteroatoms. The molecule has 5 nitrogen and oxygen atoms in total. The first-order valence-electron chi connectivity index (χ1n) is 5.96. The third-order valence-electron chi connectivity index (χ3n) is 3.27. The predicted octanol–water partition coefficient (Wildman–Crippen LogP) is 0.634. The maximum atomic E-state index is 12.3. The lowest BCUT2D eigenvalue weighted by atomic mass is 10.1. The molecule has 1 fully saturated rings. The van der Waals surface area contributed by atoms with E-state index in [1.165, 1.54) is 6.07 Å². The average Bonchev–Trinajstić information content (AvgIpc) is 3.09. The van der Waals surface area contributed by atoms with Crippen LogP contribution in [0.2, 0.25) is 0 Å². The van der Waals surface area contributed by atoms with Gasteiger partial charge >= 0.3 is 0 Å². The van der Waals surface area contributed by atoms with Crippen LogP contribution in [0.5, 0.6) is 0 Å². The molecule has 100 valence electrons. The van der Waals surface area contributed by atoms with Crippen molar-refractivity contribution >= 4 is 15.7 Å². The van der Waals surface area contributed by atoms with Gasteiger partial charge in [0, 0.05) is 5.69 Å². The second-order valence-corrected chi connectivity index (χ2v) is 6.42. The fourth-order valence-corrected chi connectivity index (χ4v) is 3.69. The Labute approximate surface area is 107 Å². The summed E-state index contributed by atoms with van der Waals surface area (Å²) in [5.41, 5.74) is 6.14. The lowest BCUT2D eigenvalue weighted by Gasteiger charge is -2.16. The van der Waals surface area contributed by atoms with Crippen molar-refractivity contribution in [1.82, 2.24) is 4.72 Å². The third-order valence-corrected chi connectivity index (χ3v) is 4.93. The number of aliphatic hydroxyl groups excluding tert-OH is 1. The van der Waals surface area contributed by atoms with E-state index >= 15 is 0 Å². The minimum atomic E-state index is -3.62. The highest BCUT2D eigenvalue weighted by atomic mass is 32.2. The summed E-state index contributed by atoms with van der Waals surface area (Å²) in [7, 11) is -3.62. The van der Waals surface area contributed by atoms with Gasteiger partial charge in [0.25, 0.3) is 0 Å². The normalized spacial score (nSPS) is 17.7. The molecule has 0 saturated heterocycles. The SMILES string of the molecule is CCc1ccc(N)cc1S(=O)(=O)NC1(CO)CC1. The lowest BCUT2D eigenvalue weighted by Crippen LogP contribution is -2.39. The molecular weight excluding hydrogens is 252 g/mol. The molecule has 0 amide bonds. The number of hydrogen-bond donors (Lipinski definition) is 3. The maximum Gasteiger partial charge on any atom is 0.241 e. The highest BCUT2D eigenvalue weighted by molar-refractivity contribution is 7.89. The van der Waals surface area contributed by atoms with Crippen LogP contribution in [-0.2, 0) is 16.4 Å². The van der Waals surface area contributed by atoms with E-state index in [4.69, 9.17) is 5.73 Å². The van der Waals surface area contributed by atoms with Crippen molar-refractivity contribution in [3.05, 3.63) is 23.8 Å². The van der Waals surface area contributed by atoms with Crippen molar-refractivity contribution in [2.75, 3.05) is 12.3 Å². The Morgan fingerprint density at radius 3 is 2.61 bits per heavy atom. The number of benzene rings is 1. The van der Waals surface area contributed by atoms with E-state index in [1.54, 1.807) is 12.1 Å². The van der Waals surface area contributed by atoms with Crippen molar-refractivity contribution < 1.29 is 13.5 Å². The Bertz CT molecular complexity index is 550. The summed E-state index contributed by atoms with van der Waals surface area (Å²) in [4.78, 5) is 0.213. The molecule has 18 heavy (non-hydrogen) atoms. The van der Waals surface area contributed by atoms with Crippen LogP contribution < -0.4 is 10.5 Å². The first-order chi connectivity index (χ1) is 8.42. The van der Waals surface area contributed by atoms with Gasteiger partial charge in [0.1, 0.15) is 0 Å². The molecule has 0 unspecified atom stereocenters. The number of anilines is 1. The molecule has 0 radical (unpaired) electrons. The fraction of sp³-hybridized carbons (Fsp3) is 0.500. The molecule has 1 aromatic rings. The molecule has 1 saturated carbocycles. The summed E-state index contributed by atoms with van der Waals surface area (Å²) in [5.74, 6) is 0. The quantitative estimate of drug-likeness (QED) is 0.684. The monoisotopic (exact) mass is 270 g/mol. The van der Waals surface area contributed by atoms with E-state index in [2.05, 4.69) is 4.72 Å². The van der Waals surface area contributed by atoms with E-state index in [-0.39, 0.29) is 11.5 Å². The van der Waals surface area contributed by atoms with Gasteiger partial charge in [-0.15, -0.1) is 0 Å². The first kappa shape index (κ1) is 13.3. The molecule has 1 aliphatic rings. The fourth-order valence-electron chi connectivity index (χ4n) is 1.90. The molecule has 2 rings (SSSR count). The zero-order valence-electron chi connectivity index (χ0n) is 10.3. The van der Waals surface area contributed by atoms with Crippen molar-refractivity contribution in [2.45, 2.75) is 36.6 Å². The number of nitrogens with two attached hydrogens (primary N) is 1. The molecular formula is C12H18N2O3S. The van der Waals surface area contributed by atoms with Gasteiger partial charge < -0.3 is 10.8 Å². The Hall–Kier alpha value is -1.11. The summed E-state index contributed by atoms with van der Waals surface area (Å²) in [6.45, 7) is 1.72. The number of rotatable bonds is 5. The largest absolute Gasteiger partial charge is 0.399 e. The minimum absolute atomic E-state index is 0.171. The number of nitrogen functional groups attached to an aromatic ring is 1. The van der Waals surface area contributed by atoms with E-state index in [0.717, 1.165) is 5.56 Å². The Balaban J connectivity index is 2.37. The predicted molar refractivity (Wildman–Crippen MR) is 69.6 cm³/mol. The van der Waals surface area contributed by atoms with Crippen LogP contribution in [0.15, 0.2) is 23.1 Å². The number of sulfonamides is 1. The van der Waals surface area contributed by atoms with Crippen molar-refractivity contribution in [2.24, 2.45) is 0 Å². The second kappa shape index (κ2) is 4.53. The molecule has 0 bridgehead atoms. The van der Waals surface area contributed by atoms with Crippen molar-refractivity contribution in [3.63, 3.8) is 0 Å². The van der Waals surface area contributed by atoms with Crippen LogP contribution in [-0.4, -0.2) is 25.7 Å². The van der Waals surface area contributed by atoms with E-state index in [0.29, 0.717) is 24.9 Å². The summed E-state index contributed by atoms with van der Waals surface area (Å²) in [6, 6.07) is 4.88. The molecule has 1 aliphatic carbocycles. The van der Waals surface area contributed by atoms with Crippen LogP contribution in [0.1, 0.15) is 25.3 Å². The van der Waals surface area contributed by atoms with Crippen LogP contribution >= 0.6 is 0 Å². The summed E-state index contributed by atoms with van der Waals surface area (Å²) >= 11 is 0. The highest BCUT2D eigenvalue weighted by Gasteiger charge is 2.45. The van der Waals surface area contributed by atoms with E-state index in [9.17, 15) is 13.5 Å². The van der Waals surface area contributed by atoms with Gasteiger partial charge in [0.15, 0.2) is 0 Å². The van der Waals surface area contributed by atoms with Gasteiger partial charge in [-0.05, 0) is 37.0 Å². The summed E-state index contributed by atoms with van der Waals surface area (Å²) in [5, 5.41) is 9.20. The zero-order valence-corrected chi connectivity index (χ0v) is 11.1. The second-order valence-electron chi connectivity index (χ2n) is 4.76. The van der Waals surface area contributed by atoms with Crippen molar-refractivity contribution in [1.29, 1.82) is 0 Å². The molecule has 0 aliphatic heterocycles. The van der Waals surface area contributed by atoms with Gasteiger partial charge in [0.2, 0.25) is 10.0 Å². The number of nitrogens with one attached hydrogen (secondary N) is 1. The molecule has 1 aromatic carbocycles. The van der Waals surface area contributed by atoms with Crippen LogP contribution in [0.4, 0.5) is 5.69 Å². The highest BCUT2D eigenvalue weighted by Crippen LogP contribution is 2.36. The summed E-state index contributed by atoms with van der Waals surface area (Å²) in [6.07, 6.45) is 1.96. The van der Waals surface area contributed by atoms with Crippen LogP contribution in [0, 0.1) is 0 Å². The van der Waals surface area contributed by atoms with Crippen LogP contribution in [0.3, 0.4) is 0 Å². The number of aryl methyl sites for hydroxylation is 1. The third kappa shape index (κ3) is 2.50. The Morgan fingerprint density at radius 2 is 2.11 bits per heavy atom. The van der Waals surface area contributed by atoms with Gasteiger partial charge in [-0.1, -0.05) is 13.0 Å². The minimum Gasteiger partial charge on any atom is -0.399 e. The molecule has 4 N–H and O–H groups in total. The topological polar surface area (TPSA) is 92.4 Å². The van der Waals surface area contributed by atoms with E-state index < -0.39 is 15.6 Å². The molecule has 0 aromatic heterocycles. The zero-order chi connectivity index (χ0) is 13.4. The standard InChI is InChI=1S/C12H18N2O3S/c1-2-9-3-4-10(13)7-11(9)18(16,17)14-12(8-15)5-6-12/h3-4,7,14-15H,2,5-6,8,13H2,1H3. The molecule has 0 spiro atoms. The Kier molecular flexibility index (Phi) is 3.35. The first-order valence-corrected chi connectivity index (χ1v) is 7.44. The number of hydrogen-bond acceptors (Lipinski definition) is 4. The van der Waals surface area contributed by atoms with Gasteiger partial charge in [-0.3, -0.25) is 0 Å². The summed E-state index contributed by atoms with van der Waals surface area (Å²) < 4.78 is 27.2. The van der Waals surface area contributed by atoms with Crippen LogP contribution in [0.25, 0.3) is 0 Å². The average molecular weight is 270 g/mol. The van der Waals surface area contributed by atoms with Crippen molar-refractivity contribution in [3.8, 4) is 0 Å². The van der Waals surface area contributed by atoms with Gasteiger partial charge in [0.05, 0.1) is 17.0 Å². The maximum absolute atomic E-state index is 12.3. The molecule has 0 atom stereocenters. The Morgan fingerprint density at radius 1 is 1.44 bits per heavy atom. The lowest BCUT2D eigenvalue weighted by molar-refractivity contribution is 0.246. The number of aliphatic hydroxyl groups is 1. The smallest absolute Gasteiger partial charge is 0.241 e. The van der Waals surface area contributed by atoms with Gasteiger partial charge in [-0.2, -0.15) is 0 Å². The van der Waals surface area contributed by atoms with E-state index in [1.807, 2.05) is 6.92 Å².